The number of nitrogens with zero attached hydrogens (tertiary/aromatic N) is 1. The molecule has 17 heavy (non-hydrogen) atoms. The molecule has 3 N–H and O–H groups in total. The molecule has 0 aromatic heterocycles. The zero-order valence-electron chi connectivity index (χ0n) is 9.90. The van der Waals surface area contributed by atoms with E-state index in [0.717, 1.165) is 42.6 Å². The zero-order chi connectivity index (χ0) is 12.3. The van der Waals surface area contributed by atoms with E-state index in [1.807, 2.05) is 12.1 Å². The van der Waals surface area contributed by atoms with Gasteiger partial charge in [-0.3, -0.25) is 4.90 Å². The Hall–Kier alpha value is -0.580. The summed E-state index contributed by atoms with van der Waals surface area (Å²) in [4.78, 5) is 2.42. The van der Waals surface area contributed by atoms with Crippen LogP contribution in [0, 0.1) is 5.92 Å². The maximum Gasteiger partial charge on any atom is 0.0461 e. The van der Waals surface area contributed by atoms with Gasteiger partial charge in [0.1, 0.15) is 0 Å². The number of aliphatic hydroxyl groups is 1. The topological polar surface area (TPSA) is 49.5 Å². The van der Waals surface area contributed by atoms with E-state index >= 15 is 0 Å². The van der Waals surface area contributed by atoms with Crippen molar-refractivity contribution in [3.63, 3.8) is 0 Å². The number of benzene rings is 1. The van der Waals surface area contributed by atoms with Crippen LogP contribution in [0.2, 0.25) is 0 Å². The number of likely N-dealkylation sites (tertiary alicyclic amines) is 1. The Kier molecular flexibility index (Phi) is 4.42. The predicted molar refractivity (Wildman–Crippen MR) is 73.6 cm³/mol. The Bertz CT molecular complexity index is 376. The highest BCUT2D eigenvalue weighted by atomic mass is 79.9. The molecule has 0 amide bonds. The molecule has 0 atom stereocenters. The minimum Gasteiger partial charge on any atom is -0.398 e. The summed E-state index contributed by atoms with van der Waals surface area (Å²) in [6.45, 7) is 3.39. The van der Waals surface area contributed by atoms with E-state index in [2.05, 4.69) is 26.9 Å². The molecule has 0 bridgehead atoms. The molecule has 1 fully saturated rings. The summed E-state index contributed by atoms with van der Waals surface area (Å²) in [5.41, 5.74) is 7.91. The van der Waals surface area contributed by atoms with Crippen LogP contribution in [0.5, 0.6) is 0 Å². The molecule has 1 aromatic carbocycles. The molecule has 1 heterocycles. The van der Waals surface area contributed by atoms with Gasteiger partial charge in [0.05, 0.1) is 0 Å². The summed E-state index contributed by atoms with van der Waals surface area (Å²) in [7, 11) is 0. The van der Waals surface area contributed by atoms with Crippen molar-refractivity contribution in [2.45, 2.75) is 19.4 Å². The van der Waals surface area contributed by atoms with Crippen molar-refractivity contribution in [3.05, 3.63) is 28.2 Å². The van der Waals surface area contributed by atoms with Gasteiger partial charge in [0.15, 0.2) is 0 Å². The molecule has 0 radical (unpaired) electrons. The second kappa shape index (κ2) is 5.85. The smallest absolute Gasteiger partial charge is 0.0461 e. The number of hydrogen-bond donors (Lipinski definition) is 2. The van der Waals surface area contributed by atoms with Crippen LogP contribution < -0.4 is 5.73 Å². The first kappa shape index (κ1) is 12.9. The van der Waals surface area contributed by atoms with Gasteiger partial charge >= 0.3 is 0 Å². The van der Waals surface area contributed by atoms with E-state index in [9.17, 15) is 0 Å². The van der Waals surface area contributed by atoms with Crippen molar-refractivity contribution in [2.75, 3.05) is 25.4 Å². The lowest BCUT2D eigenvalue weighted by Gasteiger charge is -2.31. The van der Waals surface area contributed by atoms with Crippen molar-refractivity contribution in [2.24, 2.45) is 5.92 Å². The monoisotopic (exact) mass is 298 g/mol. The fourth-order valence-electron chi connectivity index (χ4n) is 2.29. The minimum atomic E-state index is 0.329. The fourth-order valence-corrected chi connectivity index (χ4v) is 2.68. The largest absolute Gasteiger partial charge is 0.398 e. The van der Waals surface area contributed by atoms with Crippen LogP contribution in [-0.2, 0) is 6.54 Å². The van der Waals surface area contributed by atoms with Gasteiger partial charge in [0, 0.05) is 23.3 Å². The molecule has 2 rings (SSSR count). The number of halogens is 1. The normalized spacial score (nSPS) is 18.5. The van der Waals surface area contributed by atoms with Crippen LogP contribution in [0.1, 0.15) is 18.4 Å². The summed E-state index contributed by atoms with van der Waals surface area (Å²) < 4.78 is 1.02. The molecular weight excluding hydrogens is 280 g/mol. The first-order valence-electron chi connectivity index (χ1n) is 6.06. The average molecular weight is 299 g/mol. The number of nitrogens with two attached hydrogens (primary N) is 1. The number of piperidine rings is 1. The van der Waals surface area contributed by atoms with Crippen LogP contribution >= 0.6 is 15.9 Å². The molecule has 1 saturated heterocycles. The second-order valence-electron chi connectivity index (χ2n) is 4.72. The second-order valence-corrected chi connectivity index (χ2v) is 5.52. The molecule has 1 aliphatic rings. The zero-order valence-corrected chi connectivity index (χ0v) is 11.5. The summed E-state index contributed by atoms with van der Waals surface area (Å²) in [6.07, 6.45) is 2.19. The molecule has 0 unspecified atom stereocenters. The van der Waals surface area contributed by atoms with Gasteiger partial charge in [-0.05, 0) is 59.4 Å². The van der Waals surface area contributed by atoms with Crippen molar-refractivity contribution >= 4 is 21.6 Å². The van der Waals surface area contributed by atoms with Crippen molar-refractivity contribution < 1.29 is 5.11 Å². The van der Waals surface area contributed by atoms with Gasteiger partial charge in [-0.25, -0.2) is 0 Å². The molecule has 94 valence electrons. The quantitative estimate of drug-likeness (QED) is 0.842. The molecule has 0 saturated carbocycles. The van der Waals surface area contributed by atoms with Crippen LogP contribution in [0.4, 0.5) is 5.69 Å². The first-order valence-corrected chi connectivity index (χ1v) is 6.86. The number of hydrogen-bond acceptors (Lipinski definition) is 3. The highest BCUT2D eigenvalue weighted by Gasteiger charge is 2.19. The standard InChI is InChI=1S/C13H19BrN2O/c14-13-11(2-1-3-12(13)15)8-16-6-4-10(9-17)5-7-16/h1-3,10,17H,4-9,15H2. The maximum absolute atomic E-state index is 9.10. The lowest BCUT2D eigenvalue weighted by Crippen LogP contribution is -2.34. The van der Waals surface area contributed by atoms with E-state index < -0.39 is 0 Å². The Morgan fingerprint density at radius 1 is 1.35 bits per heavy atom. The number of rotatable bonds is 3. The number of anilines is 1. The van der Waals surface area contributed by atoms with E-state index in [-0.39, 0.29) is 0 Å². The van der Waals surface area contributed by atoms with Crippen molar-refractivity contribution in [1.82, 2.24) is 4.90 Å². The lowest BCUT2D eigenvalue weighted by molar-refractivity contribution is 0.127. The SMILES string of the molecule is Nc1cccc(CN2CCC(CO)CC2)c1Br. The first-order chi connectivity index (χ1) is 8.20. The number of nitrogen functional groups attached to an aromatic ring is 1. The Morgan fingerprint density at radius 3 is 2.71 bits per heavy atom. The summed E-state index contributed by atoms with van der Waals surface area (Å²) in [6, 6.07) is 6.01. The number of aliphatic hydroxyl groups excluding tert-OH is 1. The molecule has 3 nitrogen and oxygen atoms in total. The summed E-state index contributed by atoms with van der Waals surface area (Å²) in [5, 5.41) is 9.10. The van der Waals surface area contributed by atoms with Gasteiger partial charge in [0.25, 0.3) is 0 Å². The average Bonchev–Trinajstić information content (AvgIpc) is 2.36. The predicted octanol–water partition coefficient (Wildman–Crippen LogP) is 2.24. The van der Waals surface area contributed by atoms with Crippen LogP contribution in [-0.4, -0.2) is 29.7 Å². The van der Waals surface area contributed by atoms with Gasteiger partial charge in [-0.1, -0.05) is 12.1 Å². The third-order valence-electron chi connectivity index (χ3n) is 3.47. The molecular formula is C13H19BrN2O. The van der Waals surface area contributed by atoms with Crippen molar-refractivity contribution in [3.8, 4) is 0 Å². The third-order valence-corrected chi connectivity index (χ3v) is 4.43. The van der Waals surface area contributed by atoms with Gasteiger partial charge in [-0.15, -0.1) is 0 Å². The Balaban J connectivity index is 1.95. The van der Waals surface area contributed by atoms with E-state index in [1.54, 1.807) is 0 Å². The molecule has 4 heteroatoms. The van der Waals surface area contributed by atoms with E-state index in [4.69, 9.17) is 10.8 Å². The fraction of sp³-hybridized carbons (Fsp3) is 0.538. The van der Waals surface area contributed by atoms with E-state index in [1.165, 1.54) is 5.56 Å². The minimum absolute atomic E-state index is 0.329. The van der Waals surface area contributed by atoms with Gasteiger partial charge in [0.2, 0.25) is 0 Å². The lowest BCUT2D eigenvalue weighted by atomic mass is 9.97. The van der Waals surface area contributed by atoms with Crippen LogP contribution in [0.3, 0.4) is 0 Å². The highest BCUT2D eigenvalue weighted by Crippen LogP contribution is 2.26. The Labute approximate surface area is 111 Å². The summed E-state index contributed by atoms with van der Waals surface area (Å²) in [5.74, 6) is 0.496. The third kappa shape index (κ3) is 3.21. The van der Waals surface area contributed by atoms with Crippen LogP contribution in [0.15, 0.2) is 22.7 Å². The van der Waals surface area contributed by atoms with Gasteiger partial charge < -0.3 is 10.8 Å². The van der Waals surface area contributed by atoms with Crippen molar-refractivity contribution in [1.29, 1.82) is 0 Å². The van der Waals surface area contributed by atoms with E-state index in [0.29, 0.717) is 12.5 Å². The van der Waals surface area contributed by atoms with Gasteiger partial charge in [-0.2, -0.15) is 0 Å². The molecule has 0 spiro atoms. The van der Waals surface area contributed by atoms with Crippen LogP contribution in [0.25, 0.3) is 0 Å². The molecule has 1 aliphatic heterocycles. The maximum atomic E-state index is 9.10. The Morgan fingerprint density at radius 2 is 2.06 bits per heavy atom. The highest BCUT2D eigenvalue weighted by molar-refractivity contribution is 9.10. The molecule has 1 aromatic rings. The molecule has 0 aliphatic carbocycles. The summed E-state index contributed by atoms with van der Waals surface area (Å²) >= 11 is 3.54.